The van der Waals surface area contributed by atoms with E-state index in [2.05, 4.69) is 9.97 Å². The number of nitrogens with zero attached hydrogens (tertiary/aromatic N) is 4. The molecule has 0 aromatic carbocycles. The van der Waals surface area contributed by atoms with E-state index in [-0.39, 0.29) is 0 Å². The van der Waals surface area contributed by atoms with Gasteiger partial charge in [-0.3, -0.25) is 0 Å². The molecule has 9 heteroatoms. The van der Waals surface area contributed by atoms with Gasteiger partial charge in [-0.25, -0.2) is 14.8 Å². The van der Waals surface area contributed by atoms with Crippen molar-refractivity contribution in [3.63, 3.8) is 0 Å². The van der Waals surface area contributed by atoms with Crippen molar-refractivity contribution in [2.75, 3.05) is 42.6 Å². The van der Waals surface area contributed by atoms with Crippen LogP contribution in [0.2, 0.25) is 0 Å². The summed E-state index contributed by atoms with van der Waals surface area (Å²) in [5.74, 6) is 0.604. The van der Waals surface area contributed by atoms with Crippen molar-refractivity contribution in [1.82, 2.24) is 9.97 Å². The summed E-state index contributed by atoms with van der Waals surface area (Å²) in [6.07, 6.45) is -1.74. The fourth-order valence-corrected chi connectivity index (χ4v) is 2.84. The Morgan fingerprint density at radius 1 is 1.07 bits per heavy atom. The molecule has 0 spiro atoms. The first-order valence-electron chi connectivity index (χ1n) is 8.55. The average molecular weight is 380 g/mol. The van der Waals surface area contributed by atoms with E-state index in [0.717, 1.165) is 12.1 Å². The summed E-state index contributed by atoms with van der Waals surface area (Å²) >= 11 is 0. The summed E-state index contributed by atoms with van der Waals surface area (Å²) < 4.78 is 43.5. The molecule has 6 nitrogen and oxygen atoms in total. The minimum atomic E-state index is -4.38. The van der Waals surface area contributed by atoms with Gasteiger partial charge in [0.25, 0.3) is 0 Å². The molecule has 1 aliphatic rings. The number of piperazine rings is 1. The first kappa shape index (κ1) is 18.9. The van der Waals surface area contributed by atoms with E-state index in [4.69, 9.17) is 4.74 Å². The molecule has 0 aliphatic carbocycles. The summed E-state index contributed by atoms with van der Waals surface area (Å²) in [5, 5.41) is 0. The molecule has 0 amide bonds. The largest absolute Gasteiger partial charge is 0.462 e. The van der Waals surface area contributed by atoms with Crippen LogP contribution in [0.1, 0.15) is 22.8 Å². The van der Waals surface area contributed by atoms with Gasteiger partial charge in [0.15, 0.2) is 0 Å². The lowest BCUT2D eigenvalue weighted by atomic mass is 10.2. The van der Waals surface area contributed by atoms with Crippen molar-refractivity contribution in [1.29, 1.82) is 0 Å². The summed E-state index contributed by atoms with van der Waals surface area (Å²) in [5.41, 5.74) is -0.321. The molecule has 0 atom stereocenters. The average Bonchev–Trinajstić information content (AvgIpc) is 2.68. The van der Waals surface area contributed by atoms with Crippen LogP contribution >= 0.6 is 0 Å². The number of alkyl halides is 3. The second-order valence-corrected chi connectivity index (χ2v) is 6.00. The lowest BCUT2D eigenvalue weighted by Crippen LogP contribution is -2.47. The highest BCUT2D eigenvalue weighted by Gasteiger charge is 2.31. The Morgan fingerprint density at radius 3 is 2.30 bits per heavy atom. The molecule has 0 unspecified atom stereocenters. The van der Waals surface area contributed by atoms with E-state index in [9.17, 15) is 18.0 Å². The first-order valence-corrected chi connectivity index (χ1v) is 8.55. The van der Waals surface area contributed by atoms with Crippen LogP contribution in [0, 0.1) is 0 Å². The fourth-order valence-electron chi connectivity index (χ4n) is 2.84. The maximum Gasteiger partial charge on any atom is 0.416 e. The predicted molar refractivity (Wildman–Crippen MR) is 93.9 cm³/mol. The van der Waals surface area contributed by atoms with Crippen molar-refractivity contribution < 1.29 is 22.7 Å². The molecule has 27 heavy (non-hydrogen) atoms. The van der Waals surface area contributed by atoms with Gasteiger partial charge in [-0.2, -0.15) is 13.2 Å². The Kier molecular flexibility index (Phi) is 5.48. The highest BCUT2D eigenvalue weighted by Crippen LogP contribution is 2.31. The lowest BCUT2D eigenvalue weighted by molar-refractivity contribution is -0.137. The number of halogens is 3. The maximum atomic E-state index is 12.9. The van der Waals surface area contributed by atoms with Gasteiger partial charge >= 0.3 is 12.1 Å². The van der Waals surface area contributed by atoms with Crippen LogP contribution in [0.3, 0.4) is 0 Å². The van der Waals surface area contributed by atoms with Crippen molar-refractivity contribution in [3.05, 3.63) is 47.8 Å². The molecule has 0 N–H and O–H groups in total. The first-order chi connectivity index (χ1) is 12.9. The molecule has 3 heterocycles. The Labute approximate surface area is 154 Å². The van der Waals surface area contributed by atoms with Gasteiger partial charge in [-0.05, 0) is 31.2 Å². The van der Waals surface area contributed by atoms with E-state index in [1.165, 1.54) is 12.4 Å². The molecule has 0 bridgehead atoms. The van der Waals surface area contributed by atoms with E-state index in [1.807, 2.05) is 9.80 Å². The van der Waals surface area contributed by atoms with Crippen LogP contribution in [0.25, 0.3) is 0 Å². The van der Waals surface area contributed by atoms with Gasteiger partial charge in [0.05, 0.1) is 17.7 Å². The van der Waals surface area contributed by atoms with Gasteiger partial charge in [-0.15, -0.1) is 0 Å². The van der Waals surface area contributed by atoms with Gasteiger partial charge in [0.1, 0.15) is 11.6 Å². The molecule has 2 aromatic rings. The standard InChI is InChI=1S/C18H19F3N4O2/c1-2-27-17(26)13-3-4-15(23-12-13)24-7-9-25(10-8-24)16-11-14(5-6-22-16)18(19,20)21/h3-6,11-12H,2,7-10H2,1H3. The van der Waals surface area contributed by atoms with Crippen molar-refractivity contribution in [3.8, 4) is 0 Å². The number of hydrogen-bond acceptors (Lipinski definition) is 6. The molecule has 0 radical (unpaired) electrons. The normalized spacial score (nSPS) is 15.0. The highest BCUT2D eigenvalue weighted by molar-refractivity contribution is 5.89. The van der Waals surface area contributed by atoms with Gasteiger partial charge in [0.2, 0.25) is 0 Å². The number of anilines is 2. The minimum Gasteiger partial charge on any atom is -0.462 e. The Hall–Kier alpha value is -2.84. The Bertz CT molecular complexity index is 788. The van der Waals surface area contributed by atoms with Crippen LogP contribution in [-0.4, -0.2) is 48.7 Å². The third kappa shape index (κ3) is 4.47. The van der Waals surface area contributed by atoms with Crippen molar-refractivity contribution >= 4 is 17.6 Å². The molecule has 2 aromatic heterocycles. The van der Waals surface area contributed by atoms with Gasteiger partial charge in [0, 0.05) is 38.6 Å². The molecular weight excluding hydrogens is 361 g/mol. The number of aromatic nitrogens is 2. The van der Waals surface area contributed by atoms with Crippen LogP contribution < -0.4 is 9.80 Å². The number of rotatable bonds is 4. The number of pyridine rings is 2. The molecule has 144 valence electrons. The highest BCUT2D eigenvalue weighted by atomic mass is 19.4. The van der Waals surface area contributed by atoms with Gasteiger partial charge < -0.3 is 14.5 Å². The zero-order chi connectivity index (χ0) is 19.4. The van der Waals surface area contributed by atoms with Gasteiger partial charge in [-0.1, -0.05) is 0 Å². The van der Waals surface area contributed by atoms with Crippen LogP contribution in [0.5, 0.6) is 0 Å². The quantitative estimate of drug-likeness (QED) is 0.760. The number of esters is 1. The van der Waals surface area contributed by atoms with E-state index >= 15 is 0 Å². The summed E-state index contributed by atoms with van der Waals surface area (Å²) in [6.45, 7) is 4.25. The molecule has 1 fully saturated rings. The van der Waals surface area contributed by atoms with E-state index < -0.39 is 17.7 Å². The molecule has 0 saturated carbocycles. The maximum absolute atomic E-state index is 12.9. The summed E-state index contributed by atoms with van der Waals surface area (Å²) in [4.78, 5) is 23.8. The van der Waals surface area contributed by atoms with Crippen molar-refractivity contribution in [2.45, 2.75) is 13.1 Å². The lowest BCUT2D eigenvalue weighted by Gasteiger charge is -2.36. The van der Waals surface area contributed by atoms with Crippen LogP contribution in [0.4, 0.5) is 24.8 Å². The fraction of sp³-hybridized carbons (Fsp3) is 0.389. The Balaban J connectivity index is 1.63. The van der Waals surface area contributed by atoms with E-state index in [0.29, 0.717) is 50.0 Å². The number of hydrogen-bond donors (Lipinski definition) is 0. The second-order valence-electron chi connectivity index (χ2n) is 6.00. The third-order valence-electron chi connectivity index (χ3n) is 4.26. The number of carbonyl (C=O) groups excluding carboxylic acids is 1. The van der Waals surface area contributed by atoms with Crippen molar-refractivity contribution in [2.24, 2.45) is 0 Å². The number of carbonyl (C=O) groups is 1. The molecule has 3 rings (SSSR count). The smallest absolute Gasteiger partial charge is 0.416 e. The molecule has 1 saturated heterocycles. The monoisotopic (exact) mass is 380 g/mol. The number of ether oxygens (including phenoxy) is 1. The van der Waals surface area contributed by atoms with E-state index in [1.54, 1.807) is 19.1 Å². The van der Waals surface area contributed by atoms with Crippen LogP contribution in [-0.2, 0) is 10.9 Å². The third-order valence-corrected chi connectivity index (χ3v) is 4.26. The zero-order valence-corrected chi connectivity index (χ0v) is 14.7. The second kappa shape index (κ2) is 7.81. The van der Waals surface area contributed by atoms with Crippen LogP contribution in [0.15, 0.2) is 36.7 Å². The topological polar surface area (TPSA) is 58.6 Å². The minimum absolute atomic E-state index is 0.298. The summed E-state index contributed by atoms with van der Waals surface area (Å²) in [7, 11) is 0. The summed E-state index contributed by atoms with van der Waals surface area (Å²) in [6, 6.07) is 5.43. The SMILES string of the molecule is CCOC(=O)c1ccc(N2CCN(c3cc(C(F)(F)F)ccn3)CC2)nc1. The zero-order valence-electron chi connectivity index (χ0n) is 14.7. The predicted octanol–water partition coefficient (Wildman–Crippen LogP) is 3.00. The molecule has 1 aliphatic heterocycles. The molecular formula is C18H19F3N4O2. The Morgan fingerprint density at radius 2 is 1.74 bits per heavy atom.